The second-order valence-electron chi connectivity index (χ2n) is 5.09. The molecule has 2 aromatic rings. The average molecular weight is 334 g/mol. The Morgan fingerprint density at radius 1 is 1.43 bits per heavy atom. The summed E-state index contributed by atoms with van der Waals surface area (Å²) in [5.41, 5.74) is 0. The molecule has 0 fully saturated rings. The fraction of sp³-hybridized carbons (Fsp3) is 0.375. The summed E-state index contributed by atoms with van der Waals surface area (Å²) in [6.07, 6.45) is 3.62. The number of hydrogen-bond donors (Lipinski definition) is 1. The summed E-state index contributed by atoms with van der Waals surface area (Å²) in [5, 5.41) is 5.18. The predicted octanol–water partition coefficient (Wildman–Crippen LogP) is 3.45. The number of unbranched alkanes of at least 4 members (excludes halogenated alkanes) is 1. The molecule has 0 saturated heterocycles. The van der Waals surface area contributed by atoms with E-state index in [2.05, 4.69) is 17.2 Å². The zero-order valence-corrected chi connectivity index (χ0v) is 13.6. The van der Waals surface area contributed by atoms with E-state index in [4.69, 9.17) is 14.2 Å². The topological polar surface area (TPSA) is 69.7 Å². The van der Waals surface area contributed by atoms with Crippen molar-refractivity contribution in [3.8, 4) is 17.2 Å². The van der Waals surface area contributed by atoms with Crippen molar-refractivity contribution in [2.75, 3.05) is 12.1 Å². The second kappa shape index (κ2) is 7.32. The molecule has 0 radical (unpaired) electrons. The van der Waals surface area contributed by atoms with Gasteiger partial charge in [-0.1, -0.05) is 13.3 Å². The smallest absolute Gasteiger partial charge is 0.267 e. The fourth-order valence-corrected chi connectivity index (χ4v) is 2.75. The average Bonchev–Trinajstić information content (AvgIpc) is 3.22. The molecule has 3 rings (SSSR count). The van der Waals surface area contributed by atoms with Crippen LogP contribution in [0.2, 0.25) is 0 Å². The number of benzene rings is 1. The Labute approximate surface area is 138 Å². The molecule has 122 valence electrons. The first-order valence-corrected chi connectivity index (χ1v) is 8.41. The first-order chi connectivity index (χ1) is 11.3. The van der Waals surface area contributed by atoms with Crippen LogP contribution in [-0.2, 0) is 4.79 Å². The van der Waals surface area contributed by atoms with Crippen LogP contribution in [0.4, 0.5) is 5.13 Å². The van der Waals surface area contributed by atoms with Crippen LogP contribution in [0.1, 0.15) is 26.2 Å². The van der Waals surface area contributed by atoms with Gasteiger partial charge in [0.1, 0.15) is 5.75 Å². The molecule has 1 aliphatic rings. The Morgan fingerprint density at radius 2 is 2.30 bits per heavy atom. The summed E-state index contributed by atoms with van der Waals surface area (Å²) in [6.45, 7) is 2.29. The van der Waals surface area contributed by atoms with Crippen molar-refractivity contribution in [3.05, 3.63) is 29.8 Å². The van der Waals surface area contributed by atoms with E-state index in [-0.39, 0.29) is 12.7 Å². The molecule has 23 heavy (non-hydrogen) atoms. The van der Waals surface area contributed by atoms with E-state index in [0.717, 1.165) is 12.8 Å². The van der Waals surface area contributed by atoms with Crippen LogP contribution < -0.4 is 19.5 Å². The molecular weight excluding hydrogens is 316 g/mol. The van der Waals surface area contributed by atoms with Crippen LogP contribution in [-0.4, -0.2) is 23.8 Å². The highest BCUT2D eigenvalue weighted by Gasteiger charge is 2.22. The van der Waals surface area contributed by atoms with Crippen LogP contribution in [0.25, 0.3) is 0 Å². The van der Waals surface area contributed by atoms with Gasteiger partial charge in [-0.15, -0.1) is 11.3 Å². The molecule has 1 unspecified atom stereocenters. The van der Waals surface area contributed by atoms with Gasteiger partial charge in [-0.2, -0.15) is 0 Å². The lowest BCUT2D eigenvalue weighted by Crippen LogP contribution is -2.33. The molecule has 1 atom stereocenters. The minimum Gasteiger partial charge on any atom is -0.480 e. The Bertz CT molecular complexity index is 660. The van der Waals surface area contributed by atoms with Gasteiger partial charge in [0.05, 0.1) is 0 Å². The molecule has 0 spiro atoms. The molecule has 1 amide bonds. The quantitative estimate of drug-likeness (QED) is 0.840. The number of thiazole rings is 1. The molecule has 0 aliphatic carbocycles. The number of fused-ring (bicyclic) bond motifs is 1. The molecule has 1 N–H and O–H groups in total. The lowest BCUT2D eigenvalue weighted by Gasteiger charge is -2.18. The maximum atomic E-state index is 12.4. The van der Waals surface area contributed by atoms with E-state index in [1.807, 2.05) is 5.38 Å². The summed E-state index contributed by atoms with van der Waals surface area (Å²) in [7, 11) is 0. The molecule has 1 aromatic carbocycles. The summed E-state index contributed by atoms with van der Waals surface area (Å²) in [5.74, 6) is 1.72. The van der Waals surface area contributed by atoms with Crippen molar-refractivity contribution in [3.63, 3.8) is 0 Å². The number of amides is 1. The molecular formula is C16H18N2O4S. The van der Waals surface area contributed by atoms with Crippen LogP contribution in [0, 0.1) is 0 Å². The second-order valence-corrected chi connectivity index (χ2v) is 5.98. The van der Waals surface area contributed by atoms with E-state index in [9.17, 15) is 4.79 Å². The largest absolute Gasteiger partial charge is 0.480 e. The number of carbonyl (C=O) groups is 1. The lowest BCUT2D eigenvalue weighted by atomic mass is 10.1. The van der Waals surface area contributed by atoms with Gasteiger partial charge in [0.2, 0.25) is 6.79 Å². The fourth-order valence-electron chi connectivity index (χ4n) is 2.22. The van der Waals surface area contributed by atoms with Crippen molar-refractivity contribution in [2.45, 2.75) is 32.3 Å². The maximum Gasteiger partial charge on any atom is 0.267 e. The Morgan fingerprint density at radius 3 is 3.09 bits per heavy atom. The number of hydrogen-bond acceptors (Lipinski definition) is 6. The lowest BCUT2D eigenvalue weighted by molar-refractivity contribution is -0.123. The standard InChI is InChI=1S/C16H18N2O4S/c1-2-3-4-13(15(19)18-16-17-7-8-23-16)22-11-5-6-12-14(9-11)21-10-20-12/h5-9,13H,2-4,10H2,1H3,(H,17,18,19). The third kappa shape index (κ3) is 3.92. The first kappa shape index (κ1) is 15.6. The third-order valence-corrected chi connectivity index (χ3v) is 4.09. The number of carbonyl (C=O) groups excluding carboxylic acids is 1. The summed E-state index contributed by atoms with van der Waals surface area (Å²) < 4.78 is 16.5. The van der Waals surface area contributed by atoms with Crippen LogP contribution in [0.15, 0.2) is 29.8 Å². The number of nitrogens with one attached hydrogen (secondary N) is 1. The monoisotopic (exact) mass is 334 g/mol. The molecule has 6 nitrogen and oxygen atoms in total. The Balaban J connectivity index is 1.69. The van der Waals surface area contributed by atoms with Gasteiger partial charge in [-0.3, -0.25) is 10.1 Å². The SMILES string of the molecule is CCCCC(Oc1ccc2c(c1)OCO2)C(=O)Nc1nccs1. The minimum absolute atomic E-state index is 0.189. The normalized spacial score (nSPS) is 13.6. The van der Waals surface area contributed by atoms with Crippen LogP contribution in [0.3, 0.4) is 0 Å². The number of anilines is 1. The Hall–Kier alpha value is -2.28. The zero-order chi connectivity index (χ0) is 16.1. The number of rotatable bonds is 7. The number of nitrogens with zero attached hydrogens (tertiary/aromatic N) is 1. The molecule has 2 heterocycles. The van der Waals surface area contributed by atoms with Crippen LogP contribution in [0.5, 0.6) is 17.2 Å². The molecule has 1 aromatic heterocycles. The first-order valence-electron chi connectivity index (χ1n) is 7.53. The van der Waals surface area contributed by atoms with E-state index in [1.165, 1.54) is 11.3 Å². The maximum absolute atomic E-state index is 12.4. The molecule has 0 saturated carbocycles. The summed E-state index contributed by atoms with van der Waals surface area (Å²) >= 11 is 1.38. The van der Waals surface area contributed by atoms with E-state index >= 15 is 0 Å². The molecule has 7 heteroatoms. The van der Waals surface area contributed by atoms with Gasteiger partial charge < -0.3 is 14.2 Å². The van der Waals surface area contributed by atoms with Crippen molar-refractivity contribution >= 4 is 22.4 Å². The Kier molecular flexibility index (Phi) is 4.97. The highest BCUT2D eigenvalue weighted by atomic mass is 32.1. The van der Waals surface area contributed by atoms with E-state index < -0.39 is 6.10 Å². The van der Waals surface area contributed by atoms with Gasteiger partial charge in [0.25, 0.3) is 5.91 Å². The minimum atomic E-state index is -0.570. The van der Waals surface area contributed by atoms with Crippen molar-refractivity contribution in [1.29, 1.82) is 0 Å². The van der Waals surface area contributed by atoms with E-state index in [1.54, 1.807) is 24.4 Å². The van der Waals surface area contributed by atoms with Crippen molar-refractivity contribution in [2.24, 2.45) is 0 Å². The van der Waals surface area contributed by atoms with Gasteiger partial charge in [-0.05, 0) is 25.0 Å². The third-order valence-electron chi connectivity index (χ3n) is 3.40. The highest BCUT2D eigenvalue weighted by molar-refractivity contribution is 7.13. The van der Waals surface area contributed by atoms with Gasteiger partial charge in [0.15, 0.2) is 22.7 Å². The van der Waals surface area contributed by atoms with Crippen LogP contribution >= 0.6 is 11.3 Å². The number of ether oxygens (including phenoxy) is 3. The summed E-state index contributed by atoms with van der Waals surface area (Å²) in [4.78, 5) is 16.5. The molecule has 1 aliphatic heterocycles. The zero-order valence-electron chi connectivity index (χ0n) is 12.8. The van der Waals surface area contributed by atoms with Crippen molar-refractivity contribution < 1.29 is 19.0 Å². The predicted molar refractivity (Wildman–Crippen MR) is 87.2 cm³/mol. The highest BCUT2D eigenvalue weighted by Crippen LogP contribution is 2.35. The van der Waals surface area contributed by atoms with Gasteiger partial charge >= 0.3 is 0 Å². The van der Waals surface area contributed by atoms with Gasteiger partial charge in [0, 0.05) is 17.6 Å². The summed E-state index contributed by atoms with van der Waals surface area (Å²) in [6, 6.07) is 5.31. The van der Waals surface area contributed by atoms with Gasteiger partial charge in [-0.25, -0.2) is 4.98 Å². The van der Waals surface area contributed by atoms with E-state index in [0.29, 0.717) is 28.8 Å². The van der Waals surface area contributed by atoms with Crippen molar-refractivity contribution in [1.82, 2.24) is 4.98 Å². The number of aromatic nitrogens is 1. The molecule has 0 bridgehead atoms.